The Bertz CT molecular complexity index is 1060. The maximum atomic E-state index is 12.6. The lowest BCUT2D eigenvalue weighted by Gasteiger charge is -2.03. The van der Waals surface area contributed by atoms with Crippen molar-refractivity contribution in [3.8, 4) is 10.4 Å². The second kappa shape index (κ2) is 6.49. The number of aromatic nitrogens is 1. The van der Waals surface area contributed by atoms with Gasteiger partial charge in [-0.2, -0.15) is 0 Å². The van der Waals surface area contributed by atoms with E-state index in [-0.39, 0.29) is 5.78 Å². The Labute approximate surface area is 149 Å². The van der Waals surface area contributed by atoms with Crippen LogP contribution >= 0.6 is 11.3 Å². The number of hydrogen-bond donors (Lipinski definition) is 0. The number of Topliss-reactive ketones (excluding diaryl/α,β-unsaturated/α-hetero) is 1. The minimum absolute atomic E-state index is 0.0802. The summed E-state index contributed by atoms with van der Waals surface area (Å²) in [6.45, 7) is 0. The first kappa shape index (κ1) is 15.5. The molecule has 0 unspecified atom stereocenters. The zero-order valence-electron chi connectivity index (χ0n) is 13.4. The molecular formula is C21H15NO2S. The van der Waals surface area contributed by atoms with E-state index in [9.17, 15) is 9.59 Å². The Kier molecular flexibility index (Phi) is 4.04. The number of hydrogen-bond acceptors (Lipinski definition) is 3. The molecule has 0 bridgehead atoms. The average molecular weight is 345 g/mol. The van der Waals surface area contributed by atoms with Crippen LogP contribution in [0.2, 0.25) is 0 Å². The fraction of sp³-hybridized carbons (Fsp3) is 0.0476. The maximum absolute atomic E-state index is 12.6. The smallest absolute Gasteiger partial charge is 0.167 e. The highest BCUT2D eigenvalue weighted by Gasteiger charge is 2.18. The largest absolute Gasteiger partial charge is 0.322 e. The first-order chi connectivity index (χ1) is 12.3. The lowest BCUT2D eigenvalue weighted by Crippen LogP contribution is -2.03. The van der Waals surface area contributed by atoms with E-state index < -0.39 is 0 Å². The van der Waals surface area contributed by atoms with Gasteiger partial charge in [0.1, 0.15) is 0 Å². The van der Waals surface area contributed by atoms with Crippen LogP contribution in [0.15, 0.2) is 72.4 Å². The SMILES string of the molecule is O=Cc1c(-c2sccc2CC(=O)c2ccccc2)cn2ccccc12. The molecule has 122 valence electrons. The number of carbonyl (C=O) groups excluding carboxylic acids is 2. The number of aldehydes is 1. The normalized spacial score (nSPS) is 10.9. The first-order valence-corrected chi connectivity index (χ1v) is 8.86. The van der Waals surface area contributed by atoms with Gasteiger partial charge in [0.05, 0.1) is 5.52 Å². The molecule has 0 fully saturated rings. The fourth-order valence-electron chi connectivity index (χ4n) is 3.06. The van der Waals surface area contributed by atoms with E-state index in [2.05, 4.69) is 0 Å². The number of fused-ring (bicyclic) bond motifs is 1. The molecule has 3 nitrogen and oxygen atoms in total. The van der Waals surface area contributed by atoms with Crippen LogP contribution in [0.1, 0.15) is 26.3 Å². The zero-order chi connectivity index (χ0) is 17.2. The molecule has 0 aliphatic heterocycles. The minimum atomic E-state index is 0.0802. The first-order valence-electron chi connectivity index (χ1n) is 7.98. The van der Waals surface area contributed by atoms with Crippen molar-refractivity contribution in [2.24, 2.45) is 0 Å². The quantitative estimate of drug-likeness (QED) is 0.381. The summed E-state index contributed by atoms with van der Waals surface area (Å²) in [6, 6.07) is 17.0. The summed E-state index contributed by atoms with van der Waals surface area (Å²) in [7, 11) is 0. The van der Waals surface area contributed by atoms with Gasteiger partial charge >= 0.3 is 0 Å². The van der Waals surface area contributed by atoms with Crippen molar-refractivity contribution in [1.29, 1.82) is 0 Å². The monoisotopic (exact) mass is 345 g/mol. The average Bonchev–Trinajstić information content (AvgIpc) is 3.25. The van der Waals surface area contributed by atoms with E-state index in [0.717, 1.165) is 27.8 Å². The summed E-state index contributed by atoms with van der Waals surface area (Å²) in [5, 5.41) is 1.97. The molecule has 1 aromatic carbocycles. The van der Waals surface area contributed by atoms with Gasteiger partial charge in [0.15, 0.2) is 12.1 Å². The number of pyridine rings is 1. The topological polar surface area (TPSA) is 38.5 Å². The van der Waals surface area contributed by atoms with E-state index in [1.807, 2.05) is 76.8 Å². The molecule has 3 heterocycles. The fourth-order valence-corrected chi connectivity index (χ4v) is 4.01. The van der Waals surface area contributed by atoms with Crippen molar-refractivity contribution in [1.82, 2.24) is 4.40 Å². The highest BCUT2D eigenvalue weighted by molar-refractivity contribution is 7.13. The van der Waals surface area contributed by atoms with E-state index in [4.69, 9.17) is 0 Å². The third-order valence-corrected chi connectivity index (χ3v) is 5.27. The molecule has 0 N–H and O–H groups in total. The van der Waals surface area contributed by atoms with Gasteiger partial charge in [-0.1, -0.05) is 36.4 Å². The Balaban J connectivity index is 1.75. The minimum Gasteiger partial charge on any atom is -0.322 e. The molecule has 0 aliphatic rings. The molecule has 3 aromatic heterocycles. The van der Waals surface area contributed by atoms with Gasteiger partial charge in [-0.25, -0.2) is 0 Å². The molecule has 25 heavy (non-hydrogen) atoms. The van der Waals surface area contributed by atoms with Crippen molar-refractivity contribution in [3.05, 3.63) is 89.1 Å². The van der Waals surface area contributed by atoms with Crippen LogP contribution in [0.3, 0.4) is 0 Å². The second-order valence-electron chi connectivity index (χ2n) is 5.81. The molecule has 0 amide bonds. The molecule has 0 radical (unpaired) electrons. The molecule has 4 heteroatoms. The van der Waals surface area contributed by atoms with E-state index in [0.29, 0.717) is 17.5 Å². The van der Waals surface area contributed by atoms with Crippen molar-refractivity contribution in [2.75, 3.05) is 0 Å². The maximum Gasteiger partial charge on any atom is 0.167 e. The molecule has 0 spiro atoms. The predicted octanol–water partition coefficient (Wildman–Crippen LogP) is 4.91. The van der Waals surface area contributed by atoms with Crippen LogP contribution in [-0.4, -0.2) is 16.5 Å². The van der Waals surface area contributed by atoms with E-state index in [1.165, 1.54) is 0 Å². The summed E-state index contributed by atoms with van der Waals surface area (Å²) in [5.74, 6) is 0.0802. The molecule has 0 aliphatic carbocycles. The Morgan fingerprint density at radius 2 is 1.84 bits per heavy atom. The van der Waals surface area contributed by atoms with Gasteiger partial charge in [0.25, 0.3) is 0 Å². The van der Waals surface area contributed by atoms with Crippen molar-refractivity contribution in [2.45, 2.75) is 6.42 Å². The second-order valence-corrected chi connectivity index (χ2v) is 6.72. The third kappa shape index (κ3) is 2.81. The van der Waals surface area contributed by atoms with E-state index in [1.54, 1.807) is 11.3 Å². The standard InChI is InChI=1S/C21H15NO2S/c23-14-18-17(13-22-10-5-4-8-19(18)22)21-16(9-11-25-21)12-20(24)15-6-2-1-3-7-15/h1-11,13-14H,12H2. The molecule has 0 atom stereocenters. The molecule has 4 rings (SSSR count). The summed E-state index contributed by atoms with van der Waals surface area (Å²) in [4.78, 5) is 25.2. The van der Waals surface area contributed by atoms with Crippen molar-refractivity contribution >= 4 is 28.9 Å². The third-order valence-electron chi connectivity index (χ3n) is 4.28. The lowest BCUT2D eigenvalue weighted by atomic mass is 10.0. The number of benzene rings is 1. The highest BCUT2D eigenvalue weighted by atomic mass is 32.1. The van der Waals surface area contributed by atoms with Gasteiger partial charge in [-0.05, 0) is 29.1 Å². The van der Waals surface area contributed by atoms with Crippen molar-refractivity contribution in [3.63, 3.8) is 0 Å². The van der Waals surface area contributed by atoms with Crippen molar-refractivity contribution < 1.29 is 9.59 Å². The Morgan fingerprint density at radius 1 is 1.04 bits per heavy atom. The van der Waals surface area contributed by atoms with Crippen LogP contribution in [0.4, 0.5) is 0 Å². The predicted molar refractivity (Wildman–Crippen MR) is 101 cm³/mol. The van der Waals surface area contributed by atoms with Gasteiger partial charge < -0.3 is 4.40 Å². The molecular weight excluding hydrogens is 330 g/mol. The van der Waals surface area contributed by atoms with Gasteiger partial charge in [0.2, 0.25) is 0 Å². The molecule has 0 saturated carbocycles. The highest BCUT2D eigenvalue weighted by Crippen LogP contribution is 2.35. The van der Waals surface area contributed by atoms with Crippen LogP contribution in [0.5, 0.6) is 0 Å². The zero-order valence-corrected chi connectivity index (χ0v) is 14.2. The Morgan fingerprint density at radius 3 is 2.64 bits per heavy atom. The van der Waals surface area contributed by atoms with Crippen LogP contribution in [0, 0.1) is 0 Å². The molecule has 4 aromatic rings. The van der Waals surface area contributed by atoms with Gasteiger partial charge in [0, 0.05) is 40.4 Å². The number of carbonyl (C=O) groups is 2. The van der Waals surface area contributed by atoms with Crippen LogP contribution in [0.25, 0.3) is 16.0 Å². The number of rotatable bonds is 5. The summed E-state index contributed by atoms with van der Waals surface area (Å²) >= 11 is 1.56. The summed E-state index contributed by atoms with van der Waals surface area (Å²) in [5.41, 5.74) is 4.08. The van der Waals surface area contributed by atoms with E-state index >= 15 is 0 Å². The van der Waals surface area contributed by atoms with Crippen LogP contribution in [-0.2, 0) is 6.42 Å². The van der Waals surface area contributed by atoms with Gasteiger partial charge in [-0.15, -0.1) is 11.3 Å². The Hall–Kier alpha value is -2.98. The summed E-state index contributed by atoms with van der Waals surface area (Å²) < 4.78 is 1.95. The number of ketones is 1. The summed E-state index contributed by atoms with van der Waals surface area (Å²) in [6.07, 6.45) is 5.11. The van der Waals surface area contributed by atoms with Crippen LogP contribution < -0.4 is 0 Å². The van der Waals surface area contributed by atoms with Gasteiger partial charge in [-0.3, -0.25) is 9.59 Å². The number of thiophene rings is 1. The molecule has 0 saturated heterocycles. The number of nitrogens with zero attached hydrogens (tertiary/aromatic N) is 1. The lowest BCUT2D eigenvalue weighted by molar-refractivity contribution is 0.0993.